The normalized spacial score (nSPS) is 17.1. The molecule has 1 saturated carbocycles. The van der Waals surface area contributed by atoms with Crippen LogP contribution in [0.3, 0.4) is 0 Å². The Bertz CT molecular complexity index is 328. The highest BCUT2D eigenvalue weighted by molar-refractivity contribution is 4.99. The summed E-state index contributed by atoms with van der Waals surface area (Å²) in [6.07, 6.45) is 8.56. The summed E-state index contributed by atoms with van der Waals surface area (Å²) in [5.41, 5.74) is 6.80. The second kappa shape index (κ2) is 6.17. The Morgan fingerprint density at radius 1 is 1.47 bits per heavy atom. The van der Waals surface area contributed by atoms with Crippen LogP contribution in [0.15, 0.2) is 12.3 Å². The summed E-state index contributed by atoms with van der Waals surface area (Å²) in [5.74, 6) is 0. The Hall–Kier alpha value is -0.870. The average Bonchev–Trinajstić information content (AvgIpc) is 2.95. The molecule has 1 heterocycles. The fourth-order valence-electron chi connectivity index (χ4n) is 2.71. The highest BCUT2D eigenvalue weighted by Crippen LogP contribution is 2.24. The van der Waals surface area contributed by atoms with Crippen LogP contribution < -0.4 is 5.73 Å². The van der Waals surface area contributed by atoms with Gasteiger partial charge in [0.1, 0.15) is 0 Å². The number of hydrogen-bond acceptors (Lipinski definition) is 3. The minimum absolute atomic E-state index is 0.753. The lowest BCUT2D eigenvalue weighted by atomic mass is 10.2. The molecule has 0 atom stereocenters. The van der Waals surface area contributed by atoms with Crippen molar-refractivity contribution in [3.8, 4) is 0 Å². The zero-order valence-corrected chi connectivity index (χ0v) is 10.8. The summed E-state index contributed by atoms with van der Waals surface area (Å²) in [6.45, 7) is 2.87. The molecule has 2 rings (SSSR count). The number of aryl methyl sites for hydroxylation is 1. The Morgan fingerprint density at radius 2 is 2.24 bits per heavy atom. The van der Waals surface area contributed by atoms with E-state index in [0.29, 0.717) is 0 Å². The highest BCUT2D eigenvalue weighted by Gasteiger charge is 2.22. The molecule has 1 aromatic heterocycles. The van der Waals surface area contributed by atoms with Gasteiger partial charge >= 0.3 is 0 Å². The molecule has 0 radical (unpaired) electrons. The third-order valence-electron chi connectivity index (χ3n) is 3.62. The van der Waals surface area contributed by atoms with Crippen molar-refractivity contribution >= 4 is 0 Å². The number of nitrogens with zero attached hydrogens (tertiary/aromatic N) is 3. The van der Waals surface area contributed by atoms with Gasteiger partial charge in [-0.15, -0.1) is 0 Å². The van der Waals surface area contributed by atoms with E-state index in [1.165, 1.54) is 31.4 Å². The summed E-state index contributed by atoms with van der Waals surface area (Å²) in [4.78, 5) is 2.57. The summed E-state index contributed by atoms with van der Waals surface area (Å²) < 4.78 is 1.88. The summed E-state index contributed by atoms with van der Waals surface area (Å²) in [7, 11) is 1.98. The quantitative estimate of drug-likeness (QED) is 0.814. The Balaban J connectivity index is 1.94. The SMILES string of the molecule is Cn1ccc(CN(CCCN)C2CCCC2)n1. The van der Waals surface area contributed by atoms with Gasteiger partial charge in [-0.3, -0.25) is 9.58 Å². The molecule has 0 saturated heterocycles. The molecule has 1 aliphatic carbocycles. The number of aromatic nitrogens is 2. The van der Waals surface area contributed by atoms with E-state index in [0.717, 1.165) is 32.1 Å². The van der Waals surface area contributed by atoms with Crippen LogP contribution in [0.2, 0.25) is 0 Å². The van der Waals surface area contributed by atoms with Gasteiger partial charge in [0.15, 0.2) is 0 Å². The molecule has 1 aromatic rings. The maximum Gasteiger partial charge on any atom is 0.0764 e. The van der Waals surface area contributed by atoms with E-state index in [1.54, 1.807) is 0 Å². The van der Waals surface area contributed by atoms with Gasteiger partial charge < -0.3 is 5.73 Å². The van der Waals surface area contributed by atoms with Crippen LogP contribution in [0.4, 0.5) is 0 Å². The van der Waals surface area contributed by atoms with Crippen molar-refractivity contribution in [2.45, 2.75) is 44.7 Å². The predicted molar refractivity (Wildman–Crippen MR) is 69.5 cm³/mol. The molecule has 4 heteroatoms. The molecule has 0 aromatic carbocycles. The molecular formula is C13H24N4. The van der Waals surface area contributed by atoms with Crippen molar-refractivity contribution in [1.82, 2.24) is 14.7 Å². The molecule has 4 nitrogen and oxygen atoms in total. The van der Waals surface area contributed by atoms with Gasteiger partial charge in [0.2, 0.25) is 0 Å². The average molecular weight is 236 g/mol. The summed E-state index contributed by atoms with van der Waals surface area (Å²) in [6, 6.07) is 2.87. The highest BCUT2D eigenvalue weighted by atomic mass is 15.3. The van der Waals surface area contributed by atoms with Crippen LogP contribution in [0.25, 0.3) is 0 Å². The van der Waals surface area contributed by atoms with Crippen molar-refractivity contribution in [2.24, 2.45) is 12.8 Å². The Kier molecular flexibility index (Phi) is 4.57. The summed E-state index contributed by atoms with van der Waals surface area (Å²) >= 11 is 0. The monoisotopic (exact) mass is 236 g/mol. The summed E-state index contributed by atoms with van der Waals surface area (Å²) in [5, 5.41) is 4.47. The van der Waals surface area contributed by atoms with Gasteiger partial charge in [-0.25, -0.2) is 0 Å². The van der Waals surface area contributed by atoms with Gasteiger partial charge in [-0.2, -0.15) is 5.10 Å². The van der Waals surface area contributed by atoms with Crippen molar-refractivity contribution in [3.63, 3.8) is 0 Å². The van der Waals surface area contributed by atoms with Crippen molar-refractivity contribution in [2.75, 3.05) is 13.1 Å². The van der Waals surface area contributed by atoms with Crippen LogP contribution >= 0.6 is 0 Å². The van der Waals surface area contributed by atoms with Crippen molar-refractivity contribution < 1.29 is 0 Å². The van der Waals surface area contributed by atoms with Gasteiger partial charge in [-0.05, 0) is 31.9 Å². The van der Waals surface area contributed by atoms with Crippen LogP contribution in [0.1, 0.15) is 37.8 Å². The van der Waals surface area contributed by atoms with Gasteiger partial charge in [0, 0.05) is 32.4 Å². The molecule has 0 amide bonds. The number of hydrogen-bond donors (Lipinski definition) is 1. The maximum atomic E-state index is 5.63. The second-order valence-electron chi connectivity index (χ2n) is 5.03. The lowest BCUT2D eigenvalue weighted by Gasteiger charge is -2.27. The standard InChI is InChI=1S/C13H24N4/c1-16-10-7-12(15-16)11-17(9-4-8-14)13-5-2-3-6-13/h7,10,13H,2-6,8-9,11,14H2,1H3. The zero-order valence-electron chi connectivity index (χ0n) is 10.8. The van der Waals surface area contributed by atoms with E-state index in [-0.39, 0.29) is 0 Å². The molecule has 96 valence electrons. The first-order valence-electron chi connectivity index (χ1n) is 6.72. The van der Waals surface area contributed by atoms with E-state index in [2.05, 4.69) is 16.1 Å². The fourth-order valence-corrected chi connectivity index (χ4v) is 2.71. The zero-order chi connectivity index (χ0) is 12.1. The lowest BCUT2D eigenvalue weighted by molar-refractivity contribution is 0.186. The molecule has 1 aliphatic rings. The molecule has 1 fully saturated rings. The molecule has 0 spiro atoms. The number of nitrogens with two attached hydrogens (primary N) is 1. The van der Waals surface area contributed by atoms with E-state index in [1.807, 2.05) is 17.9 Å². The van der Waals surface area contributed by atoms with Crippen LogP contribution in [-0.4, -0.2) is 33.8 Å². The minimum atomic E-state index is 0.753. The third kappa shape index (κ3) is 3.54. The second-order valence-corrected chi connectivity index (χ2v) is 5.03. The molecule has 2 N–H and O–H groups in total. The Labute approximate surface area is 104 Å². The fraction of sp³-hybridized carbons (Fsp3) is 0.769. The first-order valence-corrected chi connectivity index (χ1v) is 6.72. The first-order chi connectivity index (χ1) is 8.29. The van der Waals surface area contributed by atoms with Crippen LogP contribution in [-0.2, 0) is 13.6 Å². The Morgan fingerprint density at radius 3 is 2.82 bits per heavy atom. The van der Waals surface area contributed by atoms with Gasteiger partial charge in [0.25, 0.3) is 0 Å². The molecular weight excluding hydrogens is 212 g/mol. The topological polar surface area (TPSA) is 47.1 Å². The van der Waals surface area contributed by atoms with Gasteiger partial charge in [0.05, 0.1) is 5.69 Å². The third-order valence-corrected chi connectivity index (χ3v) is 3.62. The first kappa shape index (κ1) is 12.6. The molecule has 0 unspecified atom stereocenters. The van der Waals surface area contributed by atoms with Gasteiger partial charge in [-0.1, -0.05) is 12.8 Å². The smallest absolute Gasteiger partial charge is 0.0764 e. The van der Waals surface area contributed by atoms with E-state index in [9.17, 15) is 0 Å². The predicted octanol–water partition coefficient (Wildman–Crippen LogP) is 1.51. The molecule has 17 heavy (non-hydrogen) atoms. The van der Waals surface area contributed by atoms with Crippen molar-refractivity contribution in [3.05, 3.63) is 18.0 Å². The maximum absolute atomic E-state index is 5.63. The number of rotatable bonds is 6. The van der Waals surface area contributed by atoms with Crippen LogP contribution in [0.5, 0.6) is 0 Å². The lowest BCUT2D eigenvalue weighted by Crippen LogP contribution is -2.34. The van der Waals surface area contributed by atoms with E-state index >= 15 is 0 Å². The minimum Gasteiger partial charge on any atom is -0.330 e. The molecule has 0 aliphatic heterocycles. The van der Waals surface area contributed by atoms with Crippen LogP contribution in [0, 0.1) is 0 Å². The van der Waals surface area contributed by atoms with E-state index in [4.69, 9.17) is 5.73 Å². The van der Waals surface area contributed by atoms with Crippen molar-refractivity contribution in [1.29, 1.82) is 0 Å². The largest absolute Gasteiger partial charge is 0.330 e. The van der Waals surface area contributed by atoms with E-state index < -0.39 is 0 Å². The molecule has 0 bridgehead atoms.